The Balaban J connectivity index is 3.67. The molecule has 0 heterocycles. The zero-order valence-electron chi connectivity index (χ0n) is 8.45. The Morgan fingerprint density at radius 3 is 2.50 bits per heavy atom. The Morgan fingerprint density at radius 1 is 1.50 bits per heavy atom. The number of halogens is 3. The third-order valence-electron chi connectivity index (χ3n) is 1.62. The highest BCUT2D eigenvalue weighted by Gasteiger charge is 2.36. The van der Waals surface area contributed by atoms with Gasteiger partial charge in [-0.3, -0.25) is 0 Å². The van der Waals surface area contributed by atoms with Crippen molar-refractivity contribution in [2.24, 2.45) is 0 Å². The second-order valence-electron chi connectivity index (χ2n) is 3.03. The highest BCUT2D eigenvalue weighted by Crippen LogP contribution is 2.22. The van der Waals surface area contributed by atoms with Crippen molar-refractivity contribution in [2.75, 3.05) is 19.7 Å². The molecule has 2 nitrogen and oxygen atoms in total. The molecule has 0 aliphatic rings. The average Bonchev–Trinajstić information content (AvgIpc) is 2.09. The molecule has 0 amide bonds. The smallest absolute Gasteiger partial charge is 0.365 e. The van der Waals surface area contributed by atoms with Crippen molar-refractivity contribution >= 4 is 0 Å². The highest BCUT2D eigenvalue weighted by molar-refractivity contribution is 4.96. The maximum Gasteiger partial charge on any atom is 0.414 e. The van der Waals surface area contributed by atoms with E-state index in [0.29, 0.717) is 12.1 Å². The van der Waals surface area contributed by atoms with Crippen LogP contribution in [-0.4, -0.2) is 32.0 Å². The fourth-order valence-corrected chi connectivity index (χ4v) is 0.690. The van der Waals surface area contributed by atoms with E-state index in [2.05, 4.69) is 16.6 Å². The van der Waals surface area contributed by atoms with Gasteiger partial charge in [0, 0.05) is 6.54 Å². The molecule has 0 aromatic carbocycles. The summed E-state index contributed by atoms with van der Waals surface area (Å²) in [5.41, 5.74) is 0.614. The lowest BCUT2D eigenvalue weighted by Gasteiger charge is -2.17. The first-order valence-corrected chi connectivity index (χ1v) is 4.43. The zero-order chi connectivity index (χ0) is 11.2. The monoisotopic (exact) mass is 211 g/mol. The van der Waals surface area contributed by atoms with Gasteiger partial charge in [-0.15, -0.1) is 0 Å². The molecule has 14 heavy (non-hydrogen) atoms. The molecule has 0 spiro atoms. The van der Waals surface area contributed by atoms with E-state index in [-0.39, 0.29) is 6.61 Å². The number of hydrogen-bond donors (Lipinski definition) is 1. The summed E-state index contributed by atoms with van der Waals surface area (Å²) in [5, 5.41) is 2.95. The van der Waals surface area contributed by atoms with Crippen LogP contribution in [0.5, 0.6) is 0 Å². The quantitative estimate of drug-likeness (QED) is 0.679. The van der Waals surface area contributed by atoms with Crippen molar-refractivity contribution < 1.29 is 17.9 Å². The fourth-order valence-electron chi connectivity index (χ4n) is 0.690. The minimum absolute atomic E-state index is 0.0618. The van der Waals surface area contributed by atoms with E-state index < -0.39 is 12.3 Å². The third-order valence-corrected chi connectivity index (χ3v) is 1.62. The van der Waals surface area contributed by atoms with Crippen LogP contribution in [-0.2, 0) is 4.74 Å². The summed E-state index contributed by atoms with van der Waals surface area (Å²) in [6.45, 7) is 7.67. The van der Waals surface area contributed by atoms with Crippen molar-refractivity contribution in [1.82, 2.24) is 5.32 Å². The summed E-state index contributed by atoms with van der Waals surface area (Å²) >= 11 is 0. The van der Waals surface area contributed by atoms with Gasteiger partial charge in [-0.05, 0) is 19.0 Å². The van der Waals surface area contributed by atoms with Crippen LogP contribution in [0.3, 0.4) is 0 Å². The summed E-state index contributed by atoms with van der Waals surface area (Å²) in [4.78, 5) is 0. The maximum absolute atomic E-state index is 12.0. The normalized spacial score (nSPS) is 14.1. The first-order valence-electron chi connectivity index (χ1n) is 4.43. The Bertz CT molecular complexity index is 179. The molecule has 0 saturated heterocycles. The first-order chi connectivity index (χ1) is 6.38. The molecule has 84 valence electrons. The van der Waals surface area contributed by atoms with Gasteiger partial charge >= 0.3 is 6.18 Å². The number of nitrogens with one attached hydrogen (secondary N) is 1. The molecule has 0 rings (SSSR count). The second-order valence-corrected chi connectivity index (χ2v) is 3.03. The standard InChI is InChI=1S/C9H16F3NO/c1-4-13-5-7(2)6-14-8(3)9(10,11)12/h8,13H,2,4-6H2,1,3H3. The van der Waals surface area contributed by atoms with Crippen LogP contribution in [0.4, 0.5) is 13.2 Å². The van der Waals surface area contributed by atoms with E-state index in [1.807, 2.05) is 6.92 Å². The summed E-state index contributed by atoms with van der Waals surface area (Å²) in [5.74, 6) is 0. The molecular weight excluding hydrogens is 195 g/mol. The molecule has 0 radical (unpaired) electrons. The van der Waals surface area contributed by atoms with E-state index in [1.165, 1.54) is 0 Å². The predicted octanol–water partition coefficient (Wildman–Crippen LogP) is 2.12. The van der Waals surface area contributed by atoms with Crippen molar-refractivity contribution in [3.05, 3.63) is 12.2 Å². The molecule has 0 fully saturated rings. The van der Waals surface area contributed by atoms with Crippen LogP contribution in [0.1, 0.15) is 13.8 Å². The van der Waals surface area contributed by atoms with E-state index in [1.54, 1.807) is 0 Å². The Kier molecular flexibility index (Phi) is 5.79. The van der Waals surface area contributed by atoms with Crippen LogP contribution < -0.4 is 5.32 Å². The van der Waals surface area contributed by atoms with Crippen LogP contribution in [0.2, 0.25) is 0 Å². The SMILES string of the molecule is C=C(CNCC)COC(C)C(F)(F)F. The Labute approximate surface area is 82.1 Å². The lowest BCUT2D eigenvalue weighted by molar-refractivity contribution is -0.211. The minimum atomic E-state index is -4.29. The molecule has 0 aliphatic carbocycles. The van der Waals surface area contributed by atoms with Gasteiger partial charge in [-0.1, -0.05) is 13.5 Å². The van der Waals surface area contributed by atoms with E-state index in [9.17, 15) is 13.2 Å². The largest absolute Gasteiger partial charge is 0.414 e. The van der Waals surface area contributed by atoms with Gasteiger partial charge in [-0.2, -0.15) is 13.2 Å². The maximum atomic E-state index is 12.0. The van der Waals surface area contributed by atoms with Crippen LogP contribution in [0, 0.1) is 0 Å². The molecular formula is C9H16F3NO. The van der Waals surface area contributed by atoms with Gasteiger partial charge in [-0.25, -0.2) is 0 Å². The predicted molar refractivity (Wildman–Crippen MR) is 49.2 cm³/mol. The van der Waals surface area contributed by atoms with E-state index in [4.69, 9.17) is 0 Å². The molecule has 5 heteroatoms. The van der Waals surface area contributed by atoms with Gasteiger partial charge in [0.05, 0.1) is 6.61 Å². The number of ether oxygens (including phenoxy) is 1. The van der Waals surface area contributed by atoms with Gasteiger partial charge < -0.3 is 10.1 Å². The van der Waals surface area contributed by atoms with Crippen LogP contribution in [0.25, 0.3) is 0 Å². The van der Waals surface area contributed by atoms with Crippen molar-refractivity contribution in [3.63, 3.8) is 0 Å². The molecule has 0 bridgehead atoms. The van der Waals surface area contributed by atoms with Gasteiger partial charge in [0.25, 0.3) is 0 Å². The summed E-state index contributed by atoms with van der Waals surface area (Å²) < 4.78 is 40.5. The van der Waals surface area contributed by atoms with Crippen LogP contribution >= 0.6 is 0 Å². The minimum Gasteiger partial charge on any atom is -0.365 e. The zero-order valence-corrected chi connectivity index (χ0v) is 8.45. The van der Waals surface area contributed by atoms with Gasteiger partial charge in [0.15, 0.2) is 6.10 Å². The van der Waals surface area contributed by atoms with Gasteiger partial charge in [0.2, 0.25) is 0 Å². The number of likely N-dealkylation sites (N-methyl/N-ethyl adjacent to an activating group) is 1. The fraction of sp³-hybridized carbons (Fsp3) is 0.778. The number of alkyl halides is 3. The average molecular weight is 211 g/mol. The summed E-state index contributed by atoms with van der Waals surface area (Å²) in [6, 6.07) is 0. The van der Waals surface area contributed by atoms with Crippen molar-refractivity contribution in [3.8, 4) is 0 Å². The molecule has 0 aromatic rings. The Hall–Kier alpha value is -0.550. The summed E-state index contributed by atoms with van der Waals surface area (Å²) in [7, 11) is 0. The number of hydrogen-bond acceptors (Lipinski definition) is 2. The number of rotatable bonds is 6. The lowest BCUT2D eigenvalue weighted by atomic mass is 10.3. The second kappa shape index (κ2) is 6.03. The third kappa shape index (κ3) is 5.99. The Morgan fingerprint density at radius 2 is 2.07 bits per heavy atom. The molecule has 0 aromatic heterocycles. The van der Waals surface area contributed by atoms with Gasteiger partial charge in [0.1, 0.15) is 0 Å². The van der Waals surface area contributed by atoms with Crippen molar-refractivity contribution in [2.45, 2.75) is 26.1 Å². The van der Waals surface area contributed by atoms with E-state index in [0.717, 1.165) is 13.5 Å². The molecule has 1 N–H and O–H groups in total. The highest BCUT2D eigenvalue weighted by atomic mass is 19.4. The first kappa shape index (κ1) is 13.4. The molecule has 1 unspecified atom stereocenters. The molecule has 0 saturated carbocycles. The van der Waals surface area contributed by atoms with E-state index >= 15 is 0 Å². The molecule has 0 aliphatic heterocycles. The molecule has 1 atom stereocenters. The lowest BCUT2D eigenvalue weighted by Crippen LogP contribution is -2.30. The van der Waals surface area contributed by atoms with Crippen LogP contribution in [0.15, 0.2) is 12.2 Å². The topological polar surface area (TPSA) is 21.3 Å². The summed E-state index contributed by atoms with van der Waals surface area (Å²) in [6.07, 6.45) is -6.03. The van der Waals surface area contributed by atoms with Crippen molar-refractivity contribution in [1.29, 1.82) is 0 Å².